The van der Waals surface area contributed by atoms with E-state index in [1.54, 1.807) is 24.3 Å². The summed E-state index contributed by atoms with van der Waals surface area (Å²) in [5.74, 6) is 0.990. The van der Waals surface area contributed by atoms with Gasteiger partial charge in [0.15, 0.2) is 0 Å². The quantitative estimate of drug-likeness (QED) is 0.588. The first-order valence-electron chi connectivity index (χ1n) is 8.98. The van der Waals surface area contributed by atoms with Gasteiger partial charge in [-0.05, 0) is 48.5 Å². The Balaban J connectivity index is 1.37. The molecular weight excluding hydrogens is 435 g/mol. The molecule has 0 unspecified atom stereocenters. The Kier molecular flexibility index (Phi) is 5.89. The van der Waals surface area contributed by atoms with Crippen molar-refractivity contribution in [3.05, 3.63) is 64.5 Å². The summed E-state index contributed by atoms with van der Waals surface area (Å²) in [5, 5.41) is 5.16. The third-order valence-electron chi connectivity index (χ3n) is 4.71. The van der Waals surface area contributed by atoms with Gasteiger partial charge in [-0.15, -0.1) is 0 Å². The van der Waals surface area contributed by atoms with E-state index >= 15 is 0 Å². The van der Waals surface area contributed by atoms with Crippen LogP contribution < -0.4 is 0 Å². The molecule has 1 saturated heterocycles. The van der Waals surface area contributed by atoms with Crippen molar-refractivity contribution in [1.82, 2.24) is 19.3 Å². The Labute approximate surface area is 178 Å². The third-order valence-corrected chi connectivity index (χ3v) is 7.13. The van der Waals surface area contributed by atoms with Crippen LogP contribution in [0, 0.1) is 0 Å². The number of nitrogens with zero attached hydrogens (tertiary/aromatic N) is 4. The Morgan fingerprint density at radius 2 is 1.48 bits per heavy atom. The maximum absolute atomic E-state index is 12.8. The molecule has 29 heavy (non-hydrogen) atoms. The van der Waals surface area contributed by atoms with Gasteiger partial charge in [0.25, 0.3) is 0 Å². The van der Waals surface area contributed by atoms with E-state index in [2.05, 4.69) is 15.0 Å². The molecule has 0 radical (unpaired) electrons. The molecule has 152 valence electrons. The summed E-state index contributed by atoms with van der Waals surface area (Å²) < 4.78 is 32.4. The maximum Gasteiger partial charge on any atom is 0.243 e. The molecular formula is C19H18Cl2N4O3S. The molecule has 3 aromatic rings. The molecule has 0 N–H and O–H groups in total. The Hall–Kier alpha value is -1.97. The van der Waals surface area contributed by atoms with Crippen molar-refractivity contribution >= 4 is 33.2 Å². The fourth-order valence-electron chi connectivity index (χ4n) is 3.11. The number of sulfonamides is 1. The van der Waals surface area contributed by atoms with Crippen molar-refractivity contribution in [2.24, 2.45) is 0 Å². The standard InChI is InChI=1S/C19H18Cl2N4O3S/c20-15-3-1-14(2-4-15)19-22-18(28-23-19)13-24-9-11-25(12-10-24)29(26,27)17-7-5-16(21)6-8-17/h1-8H,9-13H2. The predicted molar refractivity (Wildman–Crippen MR) is 110 cm³/mol. The highest BCUT2D eigenvalue weighted by Gasteiger charge is 2.29. The predicted octanol–water partition coefficient (Wildman–Crippen LogP) is 3.55. The topological polar surface area (TPSA) is 79.5 Å². The number of hydrogen-bond donors (Lipinski definition) is 0. The average Bonchev–Trinajstić information content (AvgIpc) is 3.18. The molecule has 0 spiro atoms. The van der Waals surface area contributed by atoms with Crippen molar-refractivity contribution in [2.45, 2.75) is 11.4 Å². The van der Waals surface area contributed by atoms with Crippen LogP contribution in [0.4, 0.5) is 0 Å². The van der Waals surface area contributed by atoms with Crippen LogP contribution in [0.5, 0.6) is 0 Å². The van der Waals surface area contributed by atoms with Crippen LogP contribution in [-0.2, 0) is 16.6 Å². The summed E-state index contributed by atoms with van der Waals surface area (Å²) in [6.07, 6.45) is 0. The smallest absolute Gasteiger partial charge is 0.243 e. The fraction of sp³-hybridized carbons (Fsp3) is 0.263. The second-order valence-corrected chi connectivity index (χ2v) is 9.46. The number of rotatable bonds is 5. The van der Waals surface area contributed by atoms with Gasteiger partial charge in [0.2, 0.25) is 21.7 Å². The van der Waals surface area contributed by atoms with E-state index in [9.17, 15) is 8.42 Å². The molecule has 0 saturated carbocycles. The van der Waals surface area contributed by atoms with Crippen LogP contribution in [0.2, 0.25) is 10.0 Å². The monoisotopic (exact) mass is 452 g/mol. The highest BCUT2D eigenvalue weighted by atomic mass is 35.5. The molecule has 2 aromatic carbocycles. The van der Waals surface area contributed by atoms with Gasteiger partial charge < -0.3 is 4.52 Å². The summed E-state index contributed by atoms with van der Waals surface area (Å²) in [6, 6.07) is 13.4. The lowest BCUT2D eigenvalue weighted by atomic mass is 10.2. The van der Waals surface area contributed by atoms with E-state index in [0.717, 1.165) is 5.56 Å². The minimum Gasteiger partial charge on any atom is -0.338 e. The average molecular weight is 453 g/mol. The van der Waals surface area contributed by atoms with E-state index in [-0.39, 0.29) is 4.90 Å². The summed E-state index contributed by atoms with van der Waals surface area (Å²) in [5.41, 5.74) is 0.822. The number of benzene rings is 2. The first kappa shape index (κ1) is 20.3. The maximum atomic E-state index is 12.8. The van der Waals surface area contributed by atoms with Crippen LogP contribution >= 0.6 is 23.2 Å². The Morgan fingerprint density at radius 1 is 0.897 bits per heavy atom. The van der Waals surface area contributed by atoms with Crippen molar-refractivity contribution in [3.8, 4) is 11.4 Å². The third kappa shape index (κ3) is 4.62. The lowest BCUT2D eigenvalue weighted by Gasteiger charge is -2.33. The van der Waals surface area contributed by atoms with Gasteiger partial charge in [0.05, 0.1) is 11.4 Å². The van der Waals surface area contributed by atoms with E-state index < -0.39 is 10.0 Å². The summed E-state index contributed by atoms with van der Waals surface area (Å²) >= 11 is 11.7. The van der Waals surface area contributed by atoms with Crippen LogP contribution in [0.15, 0.2) is 57.9 Å². The fourth-order valence-corrected chi connectivity index (χ4v) is 4.78. The Bertz CT molecular complexity index is 1080. The van der Waals surface area contributed by atoms with Gasteiger partial charge in [-0.3, -0.25) is 4.90 Å². The van der Waals surface area contributed by atoms with Gasteiger partial charge in [-0.2, -0.15) is 9.29 Å². The van der Waals surface area contributed by atoms with Crippen molar-refractivity contribution in [3.63, 3.8) is 0 Å². The highest BCUT2D eigenvalue weighted by molar-refractivity contribution is 7.89. The second kappa shape index (κ2) is 8.41. The van der Waals surface area contributed by atoms with Crippen LogP contribution in [0.3, 0.4) is 0 Å². The lowest BCUT2D eigenvalue weighted by Crippen LogP contribution is -2.48. The molecule has 10 heteroatoms. The molecule has 1 aromatic heterocycles. The van der Waals surface area contributed by atoms with E-state index in [4.69, 9.17) is 27.7 Å². The highest BCUT2D eigenvalue weighted by Crippen LogP contribution is 2.22. The minimum absolute atomic E-state index is 0.250. The van der Waals surface area contributed by atoms with E-state index in [1.165, 1.54) is 16.4 Å². The zero-order valence-corrected chi connectivity index (χ0v) is 17.7. The van der Waals surface area contributed by atoms with Crippen LogP contribution in [0.1, 0.15) is 5.89 Å². The molecule has 0 atom stereocenters. The van der Waals surface area contributed by atoms with Crippen LogP contribution in [0.25, 0.3) is 11.4 Å². The molecule has 1 aliphatic rings. The van der Waals surface area contributed by atoms with Gasteiger partial charge in [0.1, 0.15) is 0 Å². The first-order chi connectivity index (χ1) is 13.9. The first-order valence-corrected chi connectivity index (χ1v) is 11.2. The summed E-state index contributed by atoms with van der Waals surface area (Å²) in [6.45, 7) is 2.40. The molecule has 0 amide bonds. The van der Waals surface area contributed by atoms with Gasteiger partial charge >= 0.3 is 0 Å². The molecule has 7 nitrogen and oxygen atoms in total. The molecule has 0 aliphatic carbocycles. The van der Waals surface area contributed by atoms with Crippen molar-refractivity contribution in [1.29, 1.82) is 0 Å². The molecule has 4 rings (SSSR count). The summed E-state index contributed by atoms with van der Waals surface area (Å²) in [7, 11) is -3.52. The zero-order valence-electron chi connectivity index (χ0n) is 15.3. The SMILES string of the molecule is O=S(=O)(c1ccc(Cl)cc1)N1CCN(Cc2nc(-c3ccc(Cl)cc3)no2)CC1. The molecule has 1 aliphatic heterocycles. The Morgan fingerprint density at radius 3 is 2.10 bits per heavy atom. The molecule has 1 fully saturated rings. The largest absolute Gasteiger partial charge is 0.338 e. The van der Waals surface area contributed by atoms with Crippen molar-refractivity contribution in [2.75, 3.05) is 26.2 Å². The van der Waals surface area contributed by atoms with Gasteiger partial charge in [0, 0.05) is 41.8 Å². The number of halogens is 2. The van der Waals surface area contributed by atoms with Gasteiger partial charge in [-0.1, -0.05) is 28.4 Å². The summed E-state index contributed by atoms with van der Waals surface area (Å²) in [4.78, 5) is 6.76. The second-order valence-electron chi connectivity index (χ2n) is 6.65. The van der Waals surface area contributed by atoms with E-state index in [0.29, 0.717) is 54.5 Å². The number of aromatic nitrogens is 2. The van der Waals surface area contributed by atoms with E-state index in [1.807, 2.05) is 12.1 Å². The molecule has 0 bridgehead atoms. The normalized spacial score (nSPS) is 16.2. The van der Waals surface area contributed by atoms with Crippen LogP contribution in [-0.4, -0.2) is 53.9 Å². The number of hydrogen-bond acceptors (Lipinski definition) is 6. The van der Waals surface area contributed by atoms with Crippen molar-refractivity contribution < 1.29 is 12.9 Å². The number of piperazine rings is 1. The molecule has 2 heterocycles. The lowest BCUT2D eigenvalue weighted by molar-refractivity contribution is 0.163. The zero-order chi connectivity index (χ0) is 20.4. The minimum atomic E-state index is -3.52. The van der Waals surface area contributed by atoms with Gasteiger partial charge in [-0.25, -0.2) is 8.42 Å².